The number of hydrogen-bond donors (Lipinski definition) is 1. The monoisotopic (exact) mass is 340 g/mol. The lowest BCUT2D eigenvalue weighted by Crippen LogP contribution is -2.46. The minimum absolute atomic E-state index is 0.00758. The predicted molar refractivity (Wildman–Crippen MR) is 88.0 cm³/mol. The van der Waals surface area contributed by atoms with E-state index in [-0.39, 0.29) is 24.3 Å². The zero-order chi connectivity index (χ0) is 16.8. The fourth-order valence-electron chi connectivity index (χ4n) is 2.73. The molecule has 128 valence electrons. The highest BCUT2D eigenvalue weighted by molar-refractivity contribution is 7.98. The number of hydrogen-bond acceptors (Lipinski definition) is 5. The van der Waals surface area contributed by atoms with Gasteiger partial charge in [0.1, 0.15) is 6.61 Å². The van der Waals surface area contributed by atoms with Gasteiger partial charge in [0.25, 0.3) is 0 Å². The first-order chi connectivity index (χ1) is 11.1. The number of nitrogens with one attached hydrogen (secondary N) is 1. The van der Waals surface area contributed by atoms with Crippen LogP contribution >= 0.6 is 11.8 Å². The number of methoxy groups -OCH3 is 1. The molecule has 7 nitrogen and oxygen atoms in total. The van der Waals surface area contributed by atoms with E-state index in [0.717, 1.165) is 23.7 Å². The molecule has 1 aromatic heterocycles. The summed E-state index contributed by atoms with van der Waals surface area (Å²) in [6.45, 7) is 1.69. The maximum absolute atomic E-state index is 12.4. The molecule has 0 spiro atoms. The number of rotatable bonds is 6. The zero-order valence-corrected chi connectivity index (χ0v) is 14.7. The maximum atomic E-state index is 12.4. The molecule has 1 aromatic rings. The molecule has 23 heavy (non-hydrogen) atoms. The molecule has 0 radical (unpaired) electrons. The molecule has 1 aliphatic rings. The van der Waals surface area contributed by atoms with Crippen molar-refractivity contribution in [2.45, 2.75) is 24.5 Å². The van der Waals surface area contributed by atoms with Crippen molar-refractivity contribution in [3.05, 3.63) is 11.9 Å². The van der Waals surface area contributed by atoms with Gasteiger partial charge in [0.05, 0.1) is 24.4 Å². The average Bonchev–Trinajstić information content (AvgIpc) is 2.93. The van der Waals surface area contributed by atoms with Crippen LogP contribution in [0.15, 0.2) is 11.4 Å². The van der Waals surface area contributed by atoms with Crippen molar-refractivity contribution in [2.75, 3.05) is 33.1 Å². The fourth-order valence-corrected chi connectivity index (χ4v) is 3.28. The van der Waals surface area contributed by atoms with Crippen molar-refractivity contribution >= 4 is 23.6 Å². The number of piperidine rings is 1. The first-order valence-corrected chi connectivity index (χ1v) is 8.88. The molecular formula is C15H24N4O3S. The van der Waals surface area contributed by atoms with Crippen molar-refractivity contribution in [3.63, 3.8) is 0 Å². The van der Waals surface area contributed by atoms with Gasteiger partial charge in [0, 0.05) is 27.2 Å². The Morgan fingerprint density at radius 2 is 2.30 bits per heavy atom. The number of amides is 2. The van der Waals surface area contributed by atoms with Gasteiger partial charge in [-0.1, -0.05) is 11.8 Å². The van der Waals surface area contributed by atoms with Gasteiger partial charge in [0.2, 0.25) is 11.8 Å². The smallest absolute Gasteiger partial charge is 0.248 e. The highest BCUT2D eigenvalue weighted by atomic mass is 32.2. The number of aromatic nitrogens is 2. The van der Waals surface area contributed by atoms with E-state index in [9.17, 15) is 9.59 Å². The Morgan fingerprint density at radius 3 is 2.96 bits per heavy atom. The third-order valence-corrected chi connectivity index (χ3v) is 4.83. The van der Waals surface area contributed by atoms with E-state index in [1.54, 1.807) is 22.9 Å². The van der Waals surface area contributed by atoms with Crippen molar-refractivity contribution < 1.29 is 14.3 Å². The average molecular weight is 340 g/mol. The zero-order valence-electron chi connectivity index (χ0n) is 13.9. The van der Waals surface area contributed by atoms with Crippen molar-refractivity contribution in [1.82, 2.24) is 19.8 Å². The number of imidazole rings is 1. The van der Waals surface area contributed by atoms with Gasteiger partial charge in [-0.15, -0.1) is 0 Å². The molecule has 0 unspecified atom stereocenters. The van der Waals surface area contributed by atoms with Gasteiger partial charge in [-0.2, -0.15) is 0 Å². The summed E-state index contributed by atoms with van der Waals surface area (Å²) in [7, 11) is 3.44. The van der Waals surface area contributed by atoms with Crippen LogP contribution in [0.3, 0.4) is 0 Å². The summed E-state index contributed by atoms with van der Waals surface area (Å²) in [5.41, 5.74) is 0.964. The molecular weight excluding hydrogens is 316 g/mol. The van der Waals surface area contributed by atoms with E-state index in [2.05, 4.69) is 10.3 Å². The van der Waals surface area contributed by atoms with Gasteiger partial charge in [-0.05, 0) is 19.1 Å². The van der Waals surface area contributed by atoms with Crippen LogP contribution in [-0.4, -0.2) is 59.3 Å². The summed E-state index contributed by atoms with van der Waals surface area (Å²) in [6.07, 6.45) is 5.40. The van der Waals surface area contributed by atoms with E-state index < -0.39 is 0 Å². The Morgan fingerprint density at radius 1 is 1.52 bits per heavy atom. The molecule has 1 saturated heterocycles. The summed E-state index contributed by atoms with van der Waals surface area (Å²) < 4.78 is 6.85. The minimum Gasteiger partial charge on any atom is -0.375 e. The molecule has 2 rings (SSSR count). The Balaban J connectivity index is 1.87. The summed E-state index contributed by atoms with van der Waals surface area (Å²) in [5.74, 6) is -0.217. The standard InChI is InChI=1S/C15H24N4O3S/c1-18-12(8-17-15(18)23-3)7-16-14(21)11-5-4-6-19(9-11)13(20)10-22-2/h8,11H,4-7,9-10H2,1-3H3,(H,16,21)/t11-/m0/s1. The second-order valence-electron chi connectivity index (χ2n) is 5.62. The summed E-state index contributed by atoms with van der Waals surface area (Å²) in [6, 6.07) is 0. The SMILES string of the molecule is COCC(=O)N1CCC[C@H](C(=O)NCc2cnc(SC)n2C)C1. The second kappa shape index (κ2) is 8.35. The van der Waals surface area contributed by atoms with Gasteiger partial charge < -0.3 is 19.5 Å². The first-order valence-electron chi connectivity index (χ1n) is 7.65. The van der Waals surface area contributed by atoms with Crippen molar-refractivity contribution in [1.29, 1.82) is 0 Å². The second-order valence-corrected chi connectivity index (χ2v) is 6.40. The van der Waals surface area contributed by atoms with Crippen LogP contribution in [0.4, 0.5) is 0 Å². The number of carbonyl (C=O) groups is 2. The van der Waals surface area contributed by atoms with Crippen LogP contribution in [0, 0.1) is 5.92 Å². The highest BCUT2D eigenvalue weighted by Crippen LogP contribution is 2.18. The lowest BCUT2D eigenvalue weighted by Gasteiger charge is -2.31. The van der Waals surface area contributed by atoms with Gasteiger partial charge in [0.15, 0.2) is 5.16 Å². The fraction of sp³-hybridized carbons (Fsp3) is 0.667. The molecule has 0 aliphatic carbocycles. The largest absolute Gasteiger partial charge is 0.375 e. The van der Waals surface area contributed by atoms with Gasteiger partial charge in [-0.25, -0.2) is 4.98 Å². The predicted octanol–water partition coefficient (Wildman–Crippen LogP) is 0.643. The Hall–Kier alpha value is -1.54. The number of thioether (sulfide) groups is 1. The summed E-state index contributed by atoms with van der Waals surface area (Å²) in [4.78, 5) is 30.3. The third-order valence-electron chi connectivity index (χ3n) is 4.08. The first kappa shape index (κ1) is 17.8. The molecule has 1 N–H and O–H groups in total. The summed E-state index contributed by atoms with van der Waals surface area (Å²) in [5, 5.41) is 3.88. The van der Waals surface area contributed by atoms with E-state index in [4.69, 9.17) is 4.74 Å². The molecule has 1 aliphatic heterocycles. The van der Waals surface area contributed by atoms with Crippen molar-refractivity contribution in [2.24, 2.45) is 13.0 Å². The molecule has 0 saturated carbocycles. The van der Waals surface area contributed by atoms with Crippen LogP contribution in [0.25, 0.3) is 0 Å². The minimum atomic E-state index is -0.155. The number of likely N-dealkylation sites (tertiary alicyclic amines) is 1. The van der Waals surface area contributed by atoms with Gasteiger partial charge >= 0.3 is 0 Å². The number of ether oxygens (including phenoxy) is 1. The van der Waals surface area contributed by atoms with E-state index in [1.165, 1.54) is 7.11 Å². The molecule has 0 bridgehead atoms. The normalized spacial score (nSPS) is 18.0. The quantitative estimate of drug-likeness (QED) is 0.769. The van der Waals surface area contributed by atoms with Gasteiger partial charge in [-0.3, -0.25) is 9.59 Å². The molecule has 2 amide bonds. The van der Waals surface area contributed by atoms with E-state index >= 15 is 0 Å². The Bertz CT molecular complexity index is 561. The molecule has 2 heterocycles. The third kappa shape index (κ3) is 4.48. The molecule has 0 aromatic carbocycles. The maximum Gasteiger partial charge on any atom is 0.248 e. The lowest BCUT2D eigenvalue weighted by molar-refractivity contribution is -0.139. The number of carbonyl (C=O) groups excluding carboxylic acids is 2. The number of nitrogens with zero attached hydrogens (tertiary/aromatic N) is 3. The highest BCUT2D eigenvalue weighted by Gasteiger charge is 2.28. The van der Waals surface area contributed by atoms with Crippen LogP contribution in [0.1, 0.15) is 18.5 Å². The van der Waals surface area contributed by atoms with Crippen LogP contribution in [0.5, 0.6) is 0 Å². The Kier molecular flexibility index (Phi) is 6.47. The van der Waals surface area contributed by atoms with E-state index in [1.807, 2.05) is 17.9 Å². The van der Waals surface area contributed by atoms with Crippen molar-refractivity contribution in [3.8, 4) is 0 Å². The summed E-state index contributed by atoms with van der Waals surface area (Å²) >= 11 is 1.57. The topological polar surface area (TPSA) is 76.5 Å². The van der Waals surface area contributed by atoms with Crippen LogP contribution in [0.2, 0.25) is 0 Å². The molecule has 1 atom stereocenters. The van der Waals surface area contributed by atoms with E-state index in [0.29, 0.717) is 19.6 Å². The molecule has 1 fully saturated rings. The molecule has 8 heteroatoms. The van der Waals surface area contributed by atoms with Crippen LogP contribution < -0.4 is 5.32 Å². The Labute approximate surface area is 140 Å². The lowest BCUT2D eigenvalue weighted by atomic mass is 9.97. The van der Waals surface area contributed by atoms with Crippen LogP contribution in [-0.2, 0) is 27.9 Å².